The second kappa shape index (κ2) is 18.6. The highest BCUT2D eigenvalue weighted by Gasteiger charge is 2.37. The molecule has 1 fully saturated rings. The van der Waals surface area contributed by atoms with Gasteiger partial charge >= 0.3 is 6.09 Å². The Morgan fingerprint density at radius 3 is 2.37 bits per heavy atom. The minimum Gasteiger partial charge on any atom is -0.453 e. The summed E-state index contributed by atoms with van der Waals surface area (Å²) in [5, 5.41) is 2.71. The number of H-pyrrole nitrogens is 2. The maximum absolute atomic E-state index is 13.9. The lowest BCUT2D eigenvalue weighted by Crippen LogP contribution is -2.42. The third-order valence-corrected chi connectivity index (χ3v) is 10.4. The van der Waals surface area contributed by atoms with Gasteiger partial charge in [0.15, 0.2) is 0 Å². The molecule has 1 aliphatic heterocycles. The van der Waals surface area contributed by atoms with Gasteiger partial charge in [-0.2, -0.15) is 5.48 Å². The number of hydrogen-bond donors (Lipinski definition) is 5. The van der Waals surface area contributed by atoms with Crippen molar-refractivity contribution in [2.24, 2.45) is 5.73 Å². The minimum atomic E-state index is -0.873. The van der Waals surface area contributed by atoms with Crippen LogP contribution in [-0.2, 0) is 14.4 Å². The van der Waals surface area contributed by atoms with Crippen molar-refractivity contribution in [1.82, 2.24) is 35.6 Å². The van der Waals surface area contributed by atoms with Crippen LogP contribution in [0, 0.1) is 11.8 Å². The van der Waals surface area contributed by atoms with Crippen LogP contribution in [0.2, 0.25) is 0 Å². The molecular weight excluding hydrogens is 717 g/mol. The van der Waals surface area contributed by atoms with Gasteiger partial charge in [0, 0.05) is 23.6 Å². The van der Waals surface area contributed by atoms with E-state index in [9.17, 15) is 9.59 Å². The Labute approximate surface area is 332 Å². The average molecular weight is 765 g/mol. The van der Waals surface area contributed by atoms with E-state index in [0.717, 1.165) is 76.9 Å². The van der Waals surface area contributed by atoms with Gasteiger partial charge in [-0.05, 0) is 85.7 Å². The van der Waals surface area contributed by atoms with Gasteiger partial charge in [0.05, 0.1) is 49.2 Å². The number of nitrogens with zero attached hydrogens (tertiary/aromatic N) is 3. The maximum atomic E-state index is 13.9. The summed E-state index contributed by atoms with van der Waals surface area (Å²) in [4.78, 5) is 49.9. The second-order valence-electron chi connectivity index (χ2n) is 14.2. The first-order valence-electron chi connectivity index (χ1n) is 19.3. The Morgan fingerprint density at radius 2 is 1.65 bits per heavy atom. The Kier molecular flexibility index (Phi) is 12.7. The van der Waals surface area contributed by atoms with Gasteiger partial charge < -0.3 is 35.5 Å². The monoisotopic (exact) mass is 764 g/mol. The quantitative estimate of drug-likeness (QED) is 0.0574. The number of alkyl carbamates (subject to hydrolysis) is 1. The third kappa shape index (κ3) is 9.41. The molecule has 6 N–H and O–H groups in total. The van der Waals surface area contributed by atoms with Gasteiger partial charge in [0.2, 0.25) is 0 Å². The van der Waals surface area contributed by atoms with Crippen molar-refractivity contribution in [3.05, 3.63) is 143 Å². The van der Waals surface area contributed by atoms with Crippen LogP contribution in [0.15, 0.2) is 109 Å². The Hall–Kier alpha value is -6.26. The number of aromatic nitrogens is 4. The van der Waals surface area contributed by atoms with E-state index in [4.69, 9.17) is 25.3 Å². The van der Waals surface area contributed by atoms with Gasteiger partial charge in [-0.15, -0.1) is 0 Å². The topological polar surface area (TPSA) is 163 Å². The predicted molar refractivity (Wildman–Crippen MR) is 219 cm³/mol. The van der Waals surface area contributed by atoms with Crippen LogP contribution in [0.3, 0.4) is 0 Å². The lowest BCUT2D eigenvalue weighted by atomic mass is 9.91. The van der Waals surface area contributed by atoms with Crippen LogP contribution < -0.4 is 16.5 Å². The largest absolute Gasteiger partial charge is 0.453 e. The number of carbonyl (C=O) groups is 2. The van der Waals surface area contributed by atoms with E-state index in [-0.39, 0.29) is 23.9 Å². The molecule has 0 unspecified atom stereocenters. The highest BCUT2D eigenvalue weighted by molar-refractivity contribution is 5.87. The summed E-state index contributed by atoms with van der Waals surface area (Å²) >= 11 is 0. The van der Waals surface area contributed by atoms with Gasteiger partial charge in [0.25, 0.3) is 5.91 Å². The first-order chi connectivity index (χ1) is 27.9. The summed E-state index contributed by atoms with van der Waals surface area (Å²) in [6.07, 6.45) is 5.30. The number of aromatic amines is 2. The van der Waals surface area contributed by atoms with E-state index in [1.54, 1.807) is 18.2 Å². The molecular formula is C45H48N8O4. The van der Waals surface area contributed by atoms with Crippen molar-refractivity contribution < 1.29 is 19.2 Å². The summed E-state index contributed by atoms with van der Waals surface area (Å²) in [6.45, 7) is 1.18. The van der Waals surface area contributed by atoms with Crippen molar-refractivity contribution >= 4 is 23.0 Å². The van der Waals surface area contributed by atoms with Crippen molar-refractivity contribution in [2.75, 3.05) is 27.3 Å². The molecule has 4 aromatic carbocycles. The molecule has 12 nitrogen and oxygen atoms in total. The molecule has 12 heteroatoms. The van der Waals surface area contributed by atoms with Crippen LogP contribution in [0.25, 0.3) is 22.3 Å². The van der Waals surface area contributed by atoms with Crippen molar-refractivity contribution in [3.8, 4) is 23.1 Å². The fourth-order valence-corrected chi connectivity index (χ4v) is 7.52. The molecule has 6 aromatic rings. The first kappa shape index (κ1) is 39.0. The number of likely N-dealkylation sites (tertiary alicyclic amines) is 1. The molecule has 4 atom stereocenters. The number of amides is 2. The van der Waals surface area contributed by atoms with Gasteiger partial charge in [0.1, 0.15) is 17.7 Å². The fourth-order valence-electron chi connectivity index (χ4n) is 7.52. The summed E-state index contributed by atoms with van der Waals surface area (Å²) in [7, 11) is 2.93. The molecule has 0 bridgehead atoms. The minimum absolute atomic E-state index is 0.0000956. The fraction of sp³-hybridized carbons (Fsp3) is 0.289. The standard InChI is InChI=1S/C45H48N8O4/c1-56-45(55)51-41(34-13-7-4-8-14-34)44(54)53-26-10-16-40(53)43-47-29-39(50-43)33-22-19-30(20-23-33)17-18-31-21-24-36-38(27-31)49-42(48-36)35(15-9-25-46)28-37(52-57-2)32-11-5-3-6-12-32/h3-8,11-14,19-24,27,29,35,37,40-41,52H,9-10,15-16,25-26,28,46H2,1-2H3,(H,47,50)(H,48,49)(H,51,55)/t35-,37+,40-,41+/m1/s1. The van der Waals surface area contributed by atoms with E-state index < -0.39 is 12.1 Å². The summed E-state index contributed by atoms with van der Waals surface area (Å²) < 4.78 is 4.83. The number of hydrogen-bond acceptors (Lipinski definition) is 8. The number of benzene rings is 4. The van der Waals surface area contributed by atoms with Crippen LogP contribution in [-0.4, -0.2) is 64.1 Å². The number of nitrogens with two attached hydrogens (primary N) is 1. The number of hydroxylamine groups is 1. The lowest BCUT2D eigenvalue weighted by Gasteiger charge is -2.28. The number of methoxy groups -OCH3 is 1. The Morgan fingerprint density at radius 1 is 0.930 bits per heavy atom. The van der Waals surface area contributed by atoms with Crippen LogP contribution in [0.4, 0.5) is 4.79 Å². The number of rotatable bonds is 14. The molecule has 1 saturated heterocycles. The Balaban J connectivity index is 1.03. The SMILES string of the molecule is CON[C@@H](C[C@@H](CCCN)c1nc2ccc(C#Cc3ccc(-c4cnc([C@H]5CCCN5C(=O)[C@@H](NC(=O)OC)c5ccccc5)[nH]4)cc3)cc2[nH]1)c1ccccc1. The summed E-state index contributed by atoms with van der Waals surface area (Å²) in [6, 6.07) is 32.4. The summed E-state index contributed by atoms with van der Waals surface area (Å²) in [5.41, 5.74) is 16.3. The highest BCUT2D eigenvalue weighted by Crippen LogP contribution is 2.35. The number of imidazole rings is 2. The van der Waals surface area contributed by atoms with E-state index in [2.05, 4.69) is 44.7 Å². The molecule has 0 spiro atoms. The van der Waals surface area contributed by atoms with E-state index >= 15 is 0 Å². The number of nitrogens with one attached hydrogen (secondary N) is 4. The number of fused-ring (bicyclic) bond motifs is 1. The van der Waals surface area contributed by atoms with E-state index in [1.807, 2.05) is 91.0 Å². The molecule has 0 saturated carbocycles. The molecule has 2 amide bonds. The molecule has 292 valence electrons. The van der Waals surface area contributed by atoms with Gasteiger partial charge in [-0.25, -0.2) is 14.8 Å². The number of ether oxygens (including phenoxy) is 1. The molecule has 1 aliphatic rings. The molecule has 0 aliphatic carbocycles. The van der Waals surface area contributed by atoms with Crippen LogP contribution >= 0.6 is 0 Å². The smallest absolute Gasteiger partial charge is 0.407 e. The molecule has 2 aromatic heterocycles. The molecule has 7 rings (SSSR count). The zero-order chi connectivity index (χ0) is 39.6. The molecule has 57 heavy (non-hydrogen) atoms. The maximum Gasteiger partial charge on any atom is 0.407 e. The van der Waals surface area contributed by atoms with E-state index in [1.165, 1.54) is 7.11 Å². The highest BCUT2D eigenvalue weighted by atomic mass is 16.6. The van der Waals surface area contributed by atoms with Gasteiger partial charge in [-0.1, -0.05) is 84.6 Å². The number of carbonyl (C=O) groups excluding carboxylic acids is 2. The summed E-state index contributed by atoms with van der Waals surface area (Å²) in [5.74, 6) is 8.19. The molecule has 0 radical (unpaired) electrons. The van der Waals surface area contributed by atoms with Gasteiger partial charge in [-0.3, -0.25) is 4.79 Å². The van der Waals surface area contributed by atoms with Crippen molar-refractivity contribution in [1.29, 1.82) is 0 Å². The van der Waals surface area contributed by atoms with E-state index in [0.29, 0.717) is 24.5 Å². The zero-order valence-electron chi connectivity index (χ0n) is 32.2. The second-order valence-corrected chi connectivity index (χ2v) is 14.2. The Bertz CT molecular complexity index is 2310. The third-order valence-electron chi connectivity index (χ3n) is 10.4. The predicted octanol–water partition coefficient (Wildman–Crippen LogP) is 7.22. The lowest BCUT2D eigenvalue weighted by molar-refractivity contribution is -0.134. The average Bonchev–Trinajstić information content (AvgIpc) is 4.04. The van der Waals surface area contributed by atoms with Crippen molar-refractivity contribution in [2.45, 2.75) is 56.1 Å². The molecule has 3 heterocycles. The first-order valence-corrected chi connectivity index (χ1v) is 19.3. The zero-order valence-corrected chi connectivity index (χ0v) is 32.2. The normalized spacial score (nSPS) is 15.4. The van der Waals surface area contributed by atoms with Crippen molar-refractivity contribution in [3.63, 3.8) is 0 Å². The van der Waals surface area contributed by atoms with Crippen LogP contribution in [0.1, 0.15) is 90.1 Å². The van der Waals surface area contributed by atoms with Crippen LogP contribution in [0.5, 0.6) is 0 Å².